The normalized spacial score (nSPS) is 13.7. The fraction of sp³-hybridized carbons (Fsp3) is 0.294. The molecule has 0 bridgehead atoms. The number of methoxy groups -OCH3 is 3. The number of hydrogen-bond acceptors (Lipinski definition) is 6. The lowest BCUT2D eigenvalue weighted by molar-refractivity contribution is 0.131. The molecule has 0 amide bonds. The first-order valence-electron chi connectivity index (χ1n) is 7.05. The fourth-order valence-electron chi connectivity index (χ4n) is 2.61. The SMILES string of the molecule is COc1ccc([C@@H](OC)c2cc3c(cc2O)OCO3)c(OC)c1. The highest BCUT2D eigenvalue weighted by Gasteiger charge is 2.25. The minimum absolute atomic E-state index is 0.0685. The molecular formula is C17H18O6. The highest BCUT2D eigenvalue weighted by molar-refractivity contribution is 5.55. The molecule has 0 spiro atoms. The van der Waals surface area contributed by atoms with Crippen LogP contribution in [-0.4, -0.2) is 33.2 Å². The van der Waals surface area contributed by atoms with Crippen molar-refractivity contribution in [2.24, 2.45) is 0 Å². The lowest BCUT2D eigenvalue weighted by Gasteiger charge is -2.20. The predicted molar refractivity (Wildman–Crippen MR) is 82.6 cm³/mol. The zero-order valence-electron chi connectivity index (χ0n) is 13.2. The summed E-state index contributed by atoms with van der Waals surface area (Å²) in [7, 11) is 4.73. The smallest absolute Gasteiger partial charge is 0.231 e. The van der Waals surface area contributed by atoms with Crippen molar-refractivity contribution in [1.82, 2.24) is 0 Å². The Bertz CT molecular complexity index is 712. The van der Waals surface area contributed by atoms with Crippen molar-refractivity contribution in [2.75, 3.05) is 28.1 Å². The van der Waals surface area contributed by atoms with E-state index in [0.29, 0.717) is 28.6 Å². The quantitative estimate of drug-likeness (QED) is 0.914. The number of phenols is 1. The molecule has 1 atom stereocenters. The first kappa shape index (κ1) is 15.3. The summed E-state index contributed by atoms with van der Waals surface area (Å²) >= 11 is 0. The molecule has 0 saturated heterocycles. The fourth-order valence-corrected chi connectivity index (χ4v) is 2.61. The number of fused-ring (bicyclic) bond motifs is 1. The van der Waals surface area contributed by atoms with Crippen molar-refractivity contribution in [1.29, 1.82) is 0 Å². The molecule has 23 heavy (non-hydrogen) atoms. The van der Waals surface area contributed by atoms with Gasteiger partial charge in [-0.3, -0.25) is 0 Å². The summed E-state index contributed by atoms with van der Waals surface area (Å²) in [6.07, 6.45) is -0.523. The third-order valence-corrected chi connectivity index (χ3v) is 3.76. The molecule has 2 aromatic rings. The van der Waals surface area contributed by atoms with E-state index in [0.717, 1.165) is 5.56 Å². The van der Waals surface area contributed by atoms with Gasteiger partial charge >= 0.3 is 0 Å². The summed E-state index contributed by atoms with van der Waals surface area (Å²) in [6, 6.07) is 8.67. The Morgan fingerprint density at radius 1 is 0.957 bits per heavy atom. The molecule has 0 saturated carbocycles. The van der Waals surface area contributed by atoms with Crippen molar-refractivity contribution < 1.29 is 28.8 Å². The van der Waals surface area contributed by atoms with E-state index < -0.39 is 6.10 Å². The van der Waals surface area contributed by atoms with Gasteiger partial charge in [0.25, 0.3) is 0 Å². The van der Waals surface area contributed by atoms with E-state index in [2.05, 4.69) is 0 Å². The molecule has 1 aliphatic rings. The van der Waals surface area contributed by atoms with Gasteiger partial charge in [0, 0.05) is 30.4 Å². The van der Waals surface area contributed by atoms with E-state index in [9.17, 15) is 5.11 Å². The van der Waals surface area contributed by atoms with Crippen LogP contribution in [0.2, 0.25) is 0 Å². The Balaban J connectivity index is 2.07. The van der Waals surface area contributed by atoms with Crippen molar-refractivity contribution in [3.8, 4) is 28.7 Å². The summed E-state index contributed by atoms with van der Waals surface area (Å²) in [5, 5.41) is 10.3. The average Bonchev–Trinajstić information content (AvgIpc) is 3.03. The number of aromatic hydroxyl groups is 1. The van der Waals surface area contributed by atoms with Gasteiger partial charge < -0.3 is 28.8 Å². The summed E-state index contributed by atoms with van der Waals surface area (Å²) < 4.78 is 26.9. The monoisotopic (exact) mass is 318 g/mol. The maximum Gasteiger partial charge on any atom is 0.231 e. The topological polar surface area (TPSA) is 66.4 Å². The highest BCUT2D eigenvalue weighted by Crippen LogP contribution is 2.44. The predicted octanol–water partition coefficient (Wildman–Crippen LogP) is 2.87. The minimum Gasteiger partial charge on any atom is -0.507 e. The van der Waals surface area contributed by atoms with E-state index in [1.54, 1.807) is 33.5 Å². The number of phenolic OH excluding ortho intramolecular Hbond substituents is 1. The van der Waals surface area contributed by atoms with Crippen LogP contribution in [0.4, 0.5) is 0 Å². The zero-order chi connectivity index (χ0) is 16.4. The van der Waals surface area contributed by atoms with E-state index in [-0.39, 0.29) is 12.5 Å². The second-order valence-corrected chi connectivity index (χ2v) is 4.99. The number of rotatable bonds is 5. The molecular weight excluding hydrogens is 300 g/mol. The zero-order valence-corrected chi connectivity index (χ0v) is 13.2. The Hall–Kier alpha value is -2.60. The van der Waals surface area contributed by atoms with Gasteiger partial charge in [-0.05, 0) is 18.2 Å². The number of ether oxygens (including phenoxy) is 5. The Morgan fingerprint density at radius 2 is 1.70 bits per heavy atom. The van der Waals surface area contributed by atoms with Crippen molar-refractivity contribution in [3.05, 3.63) is 41.5 Å². The second kappa shape index (κ2) is 6.26. The Morgan fingerprint density at radius 3 is 2.35 bits per heavy atom. The lowest BCUT2D eigenvalue weighted by Crippen LogP contribution is -2.06. The van der Waals surface area contributed by atoms with Crippen LogP contribution in [0.3, 0.4) is 0 Å². The molecule has 6 heteroatoms. The minimum atomic E-state index is -0.523. The van der Waals surface area contributed by atoms with E-state index in [1.165, 1.54) is 6.07 Å². The van der Waals surface area contributed by atoms with Crippen LogP contribution < -0.4 is 18.9 Å². The molecule has 0 aliphatic carbocycles. The highest BCUT2D eigenvalue weighted by atomic mass is 16.7. The van der Waals surface area contributed by atoms with Gasteiger partial charge in [-0.25, -0.2) is 0 Å². The van der Waals surface area contributed by atoms with Crippen molar-refractivity contribution in [3.63, 3.8) is 0 Å². The summed E-state index contributed by atoms with van der Waals surface area (Å²) in [5.41, 5.74) is 1.34. The van der Waals surface area contributed by atoms with Crippen LogP contribution in [0, 0.1) is 0 Å². The second-order valence-electron chi connectivity index (χ2n) is 4.99. The van der Waals surface area contributed by atoms with Crippen LogP contribution in [0.25, 0.3) is 0 Å². The summed E-state index contributed by atoms with van der Waals surface area (Å²) in [5.74, 6) is 2.44. The first-order chi connectivity index (χ1) is 11.2. The van der Waals surface area contributed by atoms with E-state index in [4.69, 9.17) is 23.7 Å². The van der Waals surface area contributed by atoms with Crippen LogP contribution >= 0.6 is 0 Å². The van der Waals surface area contributed by atoms with Gasteiger partial charge in [0.15, 0.2) is 11.5 Å². The molecule has 6 nitrogen and oxygen atoms in total. The molecule has 1 N–H and O–H groups in total. The van der Waals surface area contributed by atoms with E-state index in [1.807, 2.05) is 12.1 Å². The van der Waals surface area contributed by atoms with Crippen LogP contribution in [0.15, 0.2) is 30.3 Å². The molecule has 0 aromatic heterocycles. The Kier molecular flexibility index (Phi) is 4.16. The lowest BCUT2D eigenvalue weighted by atomic mass is 9.98. The molecule has 1 aliphatic heterocycles. The van der Waals surface area contributed by atoms with Crippen molar-refractivity contribution >= 4 is 0 Å². The van der Waals surface area contributed by atoms with Gasteiger partial charge in [0.05, 0.1) is 14.2 Å². The molecule has 3 rings (SSSR count). The number of benzene rings is 2. The third kappa shape index (κ3) is 2.73. The van der Waals surface area contributed by atoms with Gasteiger partial charge in [-0.2, -0.15) is 0 Å². The van der Waals surface area contributed by atoms with Gasteiger partial charge in [0.1, 0.15) is 23.4 Å². The average molecular weight is 318 g/mol. The Labute approximate surface area is 134 Å². The molecule has 2 aromatic carbocycles. The van der Waals surface area contributed by atoms with Gasteiger partial charge in [-0.15, -0.1) is 0 Å². The summed E-state index contributed by atoms with van der Waals surface area (Å²) in [4.78, 5) is 0. The maximum atomic E-state index is 10.3. The molecule has 122 valence electrons. The summed E-state index contributed by atoms with van der Waals surface area (Å²) in [6.45, 7) is 0.141. The van der Waals surface area contributed by atoms with Crippen LogP contribution in [-0.2, 0) is 4.74 Å². The molecule has 0 unspecified atom stereocenters. The molecule has 0 fully saturated rings. The molecule has 0 radical (unpaired) electrons. The van der Waals surface area contributed by atoms with Gasteiger partial charge in [-0.1, -0.05) is 0 Å². The maximum absolute atomic E-state index is 10.3. The van der Waals surface area contributed by atoms with E-state index >= 15 is 0 Å². The van der Waals surface area contributed by atoms with Crippen molar-refractivity contribution in [2.45, 2.75) is 6.10 Å². The number of hydrogen-bond donors (Lipinski definition) is 1. The standard InChI is InChI=1S/C17H18O6/c1-19-10-4-5-11(14(6-10)20-2)17(21-3)12-7-15-16(8-13(12)18)23-9-22-15/h4-8,17-18H,9H2,1-3H3/t17-/m1/s1. The van der Waals surface area contributed by atoms with Crippen LogP contribution in [0.1, 0.15) is 17.2 Å². The third-order valence-electron chi connectivity index (χ3n) is 3.76. The van der Waals surface area contributed by atoms with Crippen LogP contribution in [0.5, 0.6) is 28.7 Å². The largest absolute Gasteiger partial charge is 0.507 e. The van der Waals surface area contributed by atoms with Gasteiger partial charge in [0.2, 0.25) is 6.79 Å². The first-order valence-corrected chi connectivity index (χ1v) is 7.05. The molecule has 1 heterocycles.